The number of rotatable bonds is 0. The van der Waals surface area contributed by atoms with Crippen LogP contribution in [0.25, 0.3) is 0 Å². The molecule has 0 spiro atoms. The normalized spacial score (nSPS) is 7.45. The Morgan fingerprint density at radius 1 is 1.09 bits per heavy atom. The maximum Gasteiger partial charge on any atom is 1.00 e. The molecule has 0 aromatic heterocycles. The molecule has 0 heterocycles. The van der Waals surface area contributed by atoms with E-state index in [1.165, 1.54) is 0 Å². The third-order valence-corrected chi connectivity index (χ3v) is 0. The van der Waals surface area contributed by atoms with Crippen molar-refractivity contribution in [2.45, 2.75) is 0 Å². The number of hydrogen-bond donors (Lipinski definition) is 1. The number of nitrogens with zero attached hydrogens (tertiary/aromatic N) is 1. The number of hydrogen-bond acceptors (Lipinski definition) is 7. The van der Waals surface area contributed by atoms with Gasteiger partial charge in [0.25, 0.3) is 0 Å². The summed E-state index contributed by atoms with van der Waals surface area (Å²) in [5, 5.41) is 14.8. The Morgan fingerprint density at radius 2 is 1.09 bits per heavy atom. The maximum atomic E-state index is 8.52. The van der Waals surface area contributed by atoms with Crippen molar-refractivity contribution in [3.8, 4) is 0 Å². The smallest absolute Gasteiger partial charge is 0.759 e. The summed E-state index contributed by atoms with van der Waals surface area (Å²) in [5.74, 6) is 0. The van der Waals surface area contributed by atoms with E-state index >= 15 is 0 Å². The predicted molar refractivity (Wildman–Crippen MR) is 26.8 cm³/mol. The van der Waals surface area contributed by atoms with Gasteiger partial charge in [-0.2, -0.15) is 0 Å². The first-order valence-corrected chi connectivity index (χ1v) is 2.55. The van der Waals surface area contributed by atoms with Gasteiger partial charge in [-0.25, -0.2) is 0 Å². The van der Waals surface area contributed by atoms with Gasteiger partial charge in [-0.05, 0) is 0 Å². The molecule has 4 N–H and O–H groups in total. The van der Waals surface area contributed by atoms with E-state index in [0.717, 1.165) is 0 Å². The third kappa shape index (κ3) is 4030. The minimum Gasteiger partial charge on any atom is -0.759 e. The van der Waals surface area contributed by atoms with Gasteiger partial charge < -0.3 is 30.6 Å². The van der Waals surface area contributed by atoms with E-state index in [9.17, 15) is 0 Å². The topological polar surface area (TPSA) is 183 Å². The fourth-order valence-corrected chi connectivity index (χ4v) is 0. The first-order chi connectivity index (χ1) is 3.73. The van der Waals surface area contributed by atoms with E-state index in [-0.39, 0.29) is 25.0 Å². The van der Waals surface area contributed by atoms with Gasteiger partial charge >= 0.3 is 18.9 Å². The second-order valence-corrected chi connectivity index (χ2v) is 1.45. The first kappa shape index (κ1) is 22.4. The second-order valence-electron chi connectivity index (χ2n) is 0.632. The van der Waals surface area contributed by atoms with Gasteiger partial charge in [-0.15, -0.1) is 0 Å². The van der Waals surface area contributed by atoms with Crippen LogP contribution in [-0.2, 0) is 10.4 Å². The van der Waals surface area contributed by atoms with Crippen LogP contribution in [0.15, 0.2) is 0 Å². The predicted octanol–water partition coefficient (Wildman–Crippen LogP) is -4.20. The quantitative estimate of drug-likeness (QED) is 0.130. The van der Waals surface area contributed by atoms with Gasteiger partial charge in [0.05, 0.1) is 5.09 Å². The fraction of sp³-hybridized carbons (Fsp3) is 0. The average Bonchev–Trinajstić information content (AvgIpc) is 1.19. The Hall–Kier alpha value is -0.373. The molecule has 11 heavy (non-hydrogen) atoms. The van der Waals surface area contributed by atoms with Crippen LogP contribution in [0.1, 0.15) is 0 Å². The molecule has 0 saturated heterocycles. The minimum atomic E-state index is -5.17. The zero-order chi connectivity index (χ0) is 8.08. The minimum absolute atomic E-state index is 0. The van der Waals surface area contributed by atoms with Crippen molar-refractivity contribution in [2.75, 3.05) is 0 Å². The van der Waals surface area contributed by atoms with Crippen molar-refractivity contribution < 1.29 is 41.5 Å². The summed E-state index contributed by atoms with van der Waals surface area (Å²) in [7, 11) is -5.17. The molecule has 0 saturated carbocycles. The van der Waals surface area contributed by atoms with Crippen LogP contribution in [0, 0.1) is 15.3 Å². The molecule has 0 aromatic carbocycles. The summed E-state index contributed by atoms with van der Waals surface area (Å²) in [6.07, 6.45) is 0. The summed E-state index contributed by atoms with van der Waals surface area (Å²) in [4.78, 5) is 8.25. The van der Waals surface area contributed by atoms with Crippen molar-refractivity contribution in [1.82, 2.24) is 6.15 Å². The first-order valence-electron chi connectivity index (χ1n) is 1.21. The summed E-state index contributed by atoms with van der Waals surface area (Å²) >= 11 is 0. The molecule has 0 atom stereocenters. The van der Waals surface area contributed by atoms with Crippen LogP contribution in [-0.4, -0.2) is 22.6 Å². The maximum absolute atomic E-state index is 8.52. The molecule has 0 aromatic rings. The summed E-state index contributed by atoms with van der Waals surface area (Å²) in [6.45, 7) is 0. The molecule has 9 nitrogen and oxygen atoms in total. The Balaban J connectivity index is -0.0000000383. The van der Waals surface area contributed by atoms with Gasteiger partial charge in [-0.1, -0.05) is 0 Å². The van der Waals surface area contributed by atoms with Gasteiger partial charge in [0.2, 0.25) is 0 Å². The molecule has 0 amide bonds. The zero-order valence-electron chi connectivity index (χ0n) is 5.71. The van der Waals surface area contributed by atoms with Gasteiger partial charge in [0.1, 0.15) is 0 Å². The van der Waals surface area contributed by atoms with Crippen LogP contribution in [0.5, 0.6) is 0 Å². The van der Waals surface area contributed by atoms with E-state index in [4.69, 9.17) is 32.8 Å². The van der Waals surface area contributed by atoms with E-state index in [1.807, 2.05) is 0 Å². The summed E-state index contributed by atoms with van der Waals surface area (Å²) in [6, 6.07) is 0. The van der Waals surface area contributed by atoms with Crippen LogP contribution in [0.3, 0.4) is 0 Å². The zero-order valence-corrected chi connectivity index (χ0v) is 6.53. The van der Waals surface area contributed by atoms with Crippen LogP contribution in [0.4, 0.5) is 0 Å². The monoisotopic (exact) mass is 183 g/mol. The van der Waals surface area contributed by atoms with Crippen molar-refractivity contribution in [3.05, 3.63) is 15.3 Å². The molecule has 0 aliphatic rings. The molecule has 0 radical (unpaired) electrons. The molecular formula is H4LiN2O7S-. The van der Waals surface area contributed by atoms with E-state index < -0.39 is 15.5 Å². The fourth-order valence-electron chi connectivity index (χ4n) is 0. The van der Waals surface area contributed by atoms with Gasteiger partial charge in [-0.3, -0.25) is 8.42 Å². The molecular weight excluding hydrogens is 179 g/mol. The van der Waals surface area contributed by atoms with Crippen molar-refractivity contribution in [3.63, 3.8) is 0 Å². The molecule has 0 rings (SSSR count). The molecule has 0 fully saturated rings. The molecule has 11 heteroatoms. The SMILES string of the molecule is O=S(=O)([O-])[O-].O=[N+]([O-])[O-].[Li+].[NH4+]. The summed E-state index contributed by atoms with van der Waals surface area (Å²) in [5.41, 5.74) is 0. The second kappa shape index (κ2) is 9.63. The van der Waals surface area contributed by atoms with E-state index in [1.54, 1.807) is 0 Å². The van der Waals surface area contributed by atoms with Crippen LogP contribution in [0.2, 0.25) is 0 Å². The molecule has 0 aliphatic carbocycles. The molecule has 64 valence electrons. The largest absolute Gasteiger partial charge is 1.00 e. The van der Waals surface area contributed by atoms with Crippen LogP contribution >= 0.6 is 0 Å². The van der Waals surface area contributed by atoms with Crippen LogP contribution < -0.4 is 25.0 Å². The van der Waals surface area contributed by atoms with E-state index in [2.05, 4.69) is 0 Å². The Labute approximate surface area is 73.8 Å². The van der Waals surface area contributed by atoms with Crippen molar-refractivity contribution >= 4 is 10.4 Å². The molecule has 0 bridgehead atoms. The van der Waals surface area contributed by atoms with Crippen molar-refractivity contribution in [1.29, 1.82) is 0 Å². The molecule has 0 unspecified atom stereocenters. The van der Waals surface area contributed by atoms with Crippen molar-refractivity contribution in [2.24, 2.45) is 0 Å². The standard InChI is InChI=1S/Li.NO3.H3N.H2O4S/c;2-1(3)4;;1-5(2,3)4/h;;1H3;(H2,1,2,3,4)/q+1;-1;;/p-1. The average molecular weight is 183 g/mol. The Morgan fingerprint density at radius 3 is 1.09 bits per heavy atom. The van der Waals surface area contributed by atoms with E-state index in [0.29, 0.717) is 0 Å². The number of quaternary nitrogens is 1. The third-order valence-electron chi connectivity index (χ3n) is 0. The van der Waals surface area contributed by atoms with Gasteiger partial charge in [0, 0.05) is 10.4 Å². The molecule has 0 aliphatic heterocycles. The Kier molecular flexibility index (Phi) is 19.6. The van der Waals surface area contributed by atoms with Gasteiger partial charge in [0.15, 0.2) is 0 Å². The Bertz CT molecular complexity index is 159. The summed E-state index contributed by atoms with van der Waals surface area (Å²) < 4.78 is 34.1.